The summed E-state index contributed by atoms with van der Waals surface area (Å²) in [5.74, 6) is 0.361. The molecular weight excluding hydrogens is 302 g/mol. The van der Waals surface area contributed by atoms with Crippen molar-refractivity contribution in [2.45, 2.75) is 12.0 Å². The minimum absolute atomic E-state index is 0.0169. The van der Waals surface area contributed by atoms with E-state index < -0.39 is 0 Å². The normalized spacial score (nSPS) is 13.2. The number of anilines is 1. The Balaban J connectivity index is 1.99. The fourth-order valence-corrected chi connectivity index (χ4v) is 3.53. The van der Waals surface area contributed by atoms with Gasteiger partial charge in [0.2, 0.25) is 0 Å². The number of phenols is 1. The van der Waals surface area contributed by atoms with Crippen molar-refractivity contribution in [1.82, 2.24) is 0 Å². The van der Waals surface area contributed by atoms with E-state index in [1.54, 1.807) is 17.4 Å². The van der Waals surface area contributed by atoms with Gasteiger partial charge in [-0.2, -0.15) is 0 Å². The van der Waals surface area contributed by atoms with Crippen molar-refractivity contribution in [3.05, 3.63) is 95.2 Å². The summed E-state index contributed by atoms with van der Waals surface area (Å²) in [6.45, 7) is 4.03. The van der Waals surface area contributed by atoms with Crippen LogP contribution in [-0.4, -0.2) is 5.11 Å². The average molecular weight is 321 g/mol. The topological polar surface area (TPSA) is 32.3 Å². The Morgan fingerprint density at radius 2 is 1.70 bits per heavy atom. The van der Waals surface area contributed by atoms with Crippen LogP contribution >= 0.6 is 11.3 Å². The number of hydrogen-bond acceptors (Lipinski definition) is 3. The largest absolute Gasteiger partial charge is 0.506 e. The van der Waals surface area contributed by atoms with Crippen molar-refractivity contribution in [2.24, 2.45) is 0 Å². The highest BCUT2D eigenvalue weighted by atomic mass is 32.1. The van der Waals surface area contributed by atoms with Crippen LogP contribution in [0.4, 0.5) is 5.69 Å². The molecule has 3 rings (SSSR count). The average Bonchev–Trinajstić information content (AvgIpc) is 3.12. The van der Waals surface area contributed by atoms with Crippen molar-refractivity contribution in [2.75, 3.05) is 5.32 Å². The molecule has 3 heteroatoms. The summed E-state index contributed by atoms with van der Waals surface area (Å²) in [6, 6.07) is 21.8. The van der Waals surface area contributed by atoms with E-state index in [0.717, 1.165) is 5.69 Å². The molecule has 116 valence electrons. The van der Waals surface area contributed by atoms with Gasteiger partial charge in [0.15, 0.2) is 0 Å². The number of thiophene rings is 1. The highest BCUT2D eigenvalue weighted by molar-refractivity contribution is 7.10. The maximum Gasteiger partial charge on any atom is 0.138 e. The van der Waals surface area contributed by atoms with E-state index in [4.69, 9.17) is 0 Å². The lowest BCUT2D eigenvalue weighted by molar-refractivity contribution is 0.476. The number of benzene rings is 2. The smallest absolute Gasteiger partial charge is 0.138 e. The predicted molar refractivity (Wildman–Crippen MR) is 98.2 cm³/mol. The van der Waals surface area contributed by atoms with Gasteiger partial charge in [-0.25, -0.2) is 0 Å². The zero-order valence-electron chi connectivity index (χ0n) is 12.7. The fourth-order valence-electron chi connectivity index (χ4n) is 2.71. The fraction of sp³-hybridized carbons (Fsp3) is 0.100. The Kier molecular flexibility index (Phi) is 4.79. The van der Waals surface area contributed by atoms with Crippen LogP contribution < -0.4 is 5.32 Å². The summed E-state index contributed by atoms with van der Waals surface area (Å²) >= 11 is 1.70. The van der Waals surface area contributed by atoms with E-state index in [-0.39, 0.29) is 17.7 Å². The SMILES string of the molecule is C=C[C@H](c1ccccc1)[C@@H](Nc1ccccc1O)c1cccs1. The number of nitrogens with one attached hydrogen (secondary N) is 1. The molecule has 0 bridgehead atoms. The molecule has 0 saturated heterocycles. The third kappa shape index (κ3) is 3.46. The Hall–Kier alpha value is -2.52. The lowest BCUT2D eigenvalue weighted by atomic mass is 9.90. The third-order valence-corrected chi connectivity index (χ3v) is 4.82. The van der Waals surface area contributed by atoms with E-state index in [1.807, 2.05) is 48.5 Å². The van der Waals surface area contributed by atoms with Gasteiger partial charge in [0, 0.05) is 10.8 Å². The predicted octanol–water partition coefficient (Wildman–Crippen LogP) is 5.58. The Labute approximate surface area is 140 Å². The van der Waals surface area contributed by atoms with Crippen molar-refractivity contribution < 1.29 is 5.11 Å². The number of aromatic hydroxyl groups is 1. The van der Waals surface area contributed by atoms with Gasteiger partial charge in [-0.15, -0.1) is 17.9 Å². The molecule has 0 aliphatic rings. The molecule has 2 nitrogen and oxygen atoms in total. The maximum atomic E-state index is 10.1. The molecular formula is C20H19NOS. The molecule has 23 heavy (non-hydrogen) atoms. The van der Waals surface area contributed by atoms with Crippen LogP contribution in [0.25, 0.3) is 0 Å². The maximum absolute atomic E-state index is 10.1. The van der Waals surface area contributed by atoms with E-state index in [1.165, 1.54) is 10.4 Å². The van der Waals surface area contributed by atoms with E-state index in [2.05, 4.69) is 35.5 Å². The number of rotatable bonds is 6. The van der Waals surface area contributed by atoms with Crippen LogP contribution in [0.1, 0.15) is 22.4 Å². The number of hydrogen-bond donors (Lipinski definition) is 2. The molecule has 1 aromatic heterocycles. The molecule has 0 aliphatic heterocycles. The van der Waals surface area contributed by atoms with Crippen LogP contribution in [0.5, 0.6) is 5.75 Å². The van der Waals surface area contributed by atoms with Gasteiger partial charge in [0.05, 0.1) is 11.7 Å². The summed E-state index contributed by atoms with van der Waals surface area (Å²) in [6.07, 6.45) is 1.96. The van der Waals surface area contributed by atoms with Crippen LogP contribution in [0.15, 0.2) is 84.8 Å². The quantitative estimate of drug-likeness (QED) is 0.459. The Morgan fingerprint density at radius 3 is 2.35 bits per heavy atom. The molecule has 1 heterocycles. The molecule has 2 aromatic carbocycles. The Morgan fingerprint density at radius 1 is 0.957 bits per heavy atom. The minimum Gasteiger partial charge on any atom is -0.506 e. The van der Waals surface area contributed by atoms with Crippen LogP contribution in [-0.2, 0) is 0 Å². The first-order chi connectivity index (χ1) is 11.3. The molecule has 0 spiro atoms. The molecule has 2 atom stereocenters. The second-order valence-corrected chi connectivity index (χ2v) is 6.31. The summed E-state index contributed by atoms with van der Waals surface area (Å²) in [7, 11) is 0. The summed E-state index contributed by atoms with van der Waals surface area (Å²) in [5.41, 5.74) is 1.93. The first-order valence-corrected chi connectivity index (χ1v) is 8.43. The first kappa shape index (κ1) is 15.4. The lowest BCUT2D eigenvalue weighted by Gasteiger charge is -2.26. The van der Waals surface area contributed by atoms with Crippen molar-refractivity contribution in [3.8, 4) is 5.75 Å². The third-order valence-electron chi connectivity index (χ3n) is 3.86. The van der Waals surface area contributed by atoms with Crippen LogP contribution in [0, 0.1) is 0 Å². The van der Waals surface area contributed by atoms with Gasteiger partial charge >= 0.3 is 0 Å². The molecule has 0 aliphatic carbocycles. The van der Waals surface area contributed by atoms with E-state index in [0.29, 0.717) is 0 Å². The highest BCUT2D eigenvalue weighted by Crippen LogP contribution is 2.38. The monoisotopic (exact) mass is 321 g/mol. The highest BCUT2D eigenvalue weighted by Gasteiger charge is 2.24. The van der Waals surface area contributed by atoms with Gasteiger partial charge in [-0.3, -0.25) is 0 Å². The summed E-state index contributed by atoms with van der Waals surface area (Å²) in [4.78, 5) is 1.21. The standard InChI is InChI=1S/C20H19NOS/c1-2-16(15-9-4-3-5-10-15)20(19-13-8-14-23-19)21-17-11-6-7-12-18(17)22/h2-14,16,20-22H,1H2/t16-,20-/m1/s1. The zero-order valence-corrected chi connectivity index (χ0v) is 13.5. The van der Waals surface area contributed by atoms with Gasteiger partial charge < -0.3 is 10.4 Å². The number of phenolic OH excluding ortho intramolecular Hbond substituents is 1. The number of para-hydroxylation sites is 2. The summed E-state index contributed by atoms with van der Waals surface area (Å²) in [5, 5.41) is 15.7. The van der Waals surface area contributed by atoms with Crippen molar-refractivity contribution in [1.29, 1.82) is 0 Å². The van der Waals surface area contributed by atoms with E-state index >= 15 is 0 Å². The molecule has 3 aromatic rings. The summed E-state index contributed by atoms with van der Waals surface area (Å²) < 4.78 is 0. The van der Waals surface area contributed by atoms with Crippen molar-refractivity contribution >= 4 is 17.0 Å². The minimum atomic E-state index is 0.0169. The molecule has 0 fully saturated rings. The second-order valence-electron chi connectivity index (χ2n) is 5.33. The molecule has 0 radical (unpaired) electrons. The van der Waals surface area contributed by atoms with Gasteiger partial charge in [-0.05, 0) is 29.1 Å². The second kappa shape index (κ2) is 7.16. The molecule has 0 saturated carbocycles. The van der Waals surface area contributed by atoms with E-state index in [9.17, 15) is 5.11 Å². The van der Waals surface area contributed by atoms with Gasteiger partial charge in [-0.1, -0.05) is 54.6 Å². The van der Waals surface area contributed by atoms with Gasteiger partial charge in [0.1, 0.15) is 5.75 Å². The Bertz CT molecular complexity index is 752. The lowest BCUT2D eigenvalue weighted by Crippen LogP contribution is -2.17. The molecule has 2 N–H and O–H groups in total. The first-order valence-electron chi connectivity index (χ1n) is 7.55. The van der Waals surface area contributed by atoms with Crippen LogP contribution in [0.3, 0.4) is 0 Å². The van der Waals surface area contributed by atoms with Crippen LogP contribution in [0.2, 0.25) is 0 Å². The zero-order chi connectivity index (χ0) is 16.1. The molecule has 0 unspecified atom stereocenters. The molecule has 0 amide bonds. The van der Waals surface area contributed by atoms with Gasteiger partial charge in [0.25, 0.3) is 0 Å². The van der Waals surface area contributed by atoms with Crippen molar-refractivity contribution in [3.63, 3.8) is 0 Å².